The zero-order chi connectivity index (χ0) is 13.5. The van der Waals surface area contributed by atoms with Gasteiger partial charge in [-0.2, -0.15) is 0 Å². The summed E-state index contributed by atoms with van der Waals surface area (Å²) in [7, 11) is 2.07. The fourth-order valence-electron chi connectivity index (χ4n) is 2.23. The summed E-state index contributed by atoms with van der Waals surface area (Å²) >= 11 is 0. The molecule has 0 saturated carbocycles. The average Bonchev–Trinajstić information content (AvgIpc) is 3.07. The lowest BCUT2D eigenvalue weighted by Crippen LogP contribution is -2.41. The van der Waals surface area contributed by atoms with Crippen LogP contribution in [0.1, 0.15) is 19.1 Å². The molecule has 1 saturated heterocycles. The summed E-state index contributed by atoms with van der Waals surface area (Å²) in [5.41, 5.74) is 0. The molecule has 1 unspecified atom stereocenters. The summed E-state index contributed by atoms with van der Waals surface area (Å²) in [4.78, 5) is 6.77. The van der Waals surface area contributed by atoms with Crippen molar-refractivity contribution in [2.24, 2.45) is 10.9 Å². The van der Waals surface area contributed by atoms with Crippen molar-refractivity contribution < 1.29 is 9.15 Å². The zero-order valence-corrected chi connectivity index (χ0v) is 14.5. The highest BCUT2D eigenvalue weighted by Crippen LogP contribution is 2.13. The van der Waals surface area contributed by atoms with Crippen molar-refractivity contribution in [1.29, 1.82) is 0 Å². The van der Waals surface area contributed by atoms with Crippen LogP contribution in [0.3, 0.4) is 0 Å². The molecule has 2 heterocycles. The molecule has 2 rings (SSSR count). The lowest BCUT2D eigenvalue weighted by Gasteiger charge is -2.24. The van der Waals surface area contributed by atoms with Gasteiger partial charge in [0, 0.05) is 32.7 Å². The molecule has 0 spiro atoms. The first-order valence-corrected chi connectivity index (χ1v) is 6.89. The number of hydrogen-bond donors (Lipinski definition) is 1. The van der Waals surface area contributed by atoms with Crippen LogP contribution in [0.2, 0.25) is 0 Å². The summed E-state index contributed by atoms with van der Waals surface area (Å²) in [6.07, 6.45) is 2.82. The first-order chi connectivity index (χ1) is 9.29. The van der Waals surface area contributed by atoms with Gasteiger partial charge in [0.25, 0.3) is 0 Å². The molecular formula is C14H24IN3O2. The number of halogens is 1. The second-order valence-corrected chi connectivity index (χ2v) is 4.86. The van der Waals surface area contributed by atoms with Gasteiger partial charge in [0.05, 0.1) is 12.9 Å². The third-order valence-corrected chi connectivity index (χ3v) is 3.22. The molecule has 6 heteroatoms. The predicted molar refractivity (Wildman–Crippen MR) is 90.5 cm³/mol. The average molecular weight is 393 g/mol. The maximum Gasteiger partial charge on any atom is 0.194 e. The van der Waals surface area contributed by atoms with Crippen molar-refractivity contribution in [3.8, 4) is 0 Å². The van der Waals surface area contributed by atoms with E-state index >= 15 is 0 Å². The predicted octanol–water partition coefficient (Wildman–Crippen LogP) is 2.33. The minimum atomic E-state index is 0. The van der Waals surface area contributed by atoms with Crippen LogP contribution in [0.15, 0.2) is 27.8 Å². The molecule has 1 aromatic rings. The van der Waals surface area contributed by atoms with Gasteiger partial charge in [-0.05, 0) is 25.5 Å². The Morgan fingerprint density at radius 3 is 3.00 bits per heavy atom. The molecule has 0 amide bonds. The Morgan fingerprint density at radius 1 is 1.55 bits per heavy atom. The van der Waals surface area contributed by atoms with Gasteiger partial charge in [-0.3, -0.25) is 0 Å². The summed E-state index contributed by atoms with van der Waals surface area (Å²) in [6.45, 7) is 6.24. The van der Waals surface area contributed by atoms with E-state index in [0.717, 1.165) is 44.4 Å². The fraction of sp³-hybridized carbons (Fsp3) is 0.643. The van der Waals surface area contributed by atoms with Crippen LogP contribution in [0, 0.1) is 5.92 Å². The highest BCUT2D eigenvalue weighted by Gasteiger charge is 2.19. The number of hydrogen-bond acceptors (Lipinski definition) is 3. The SMILES string of the molecule is CCNC(=NCc1ccco1)N(C)CC1CCOC1.I. The monoisotopic (exact) mass is 393 g/mol. The van der Waals surface area contributed by atoms with Crippen LogP contribution in [-0.2, 0) is 11.3 Å². The Kier molecular flexibility index (Phi) is 7.98. The smallest absolute Gasteiger partial charge is 0.194 e. The third-order valence-electron chi connectivity index (χ3n) is 3.22. The van der Waals surface area contributed by atoms with Crippen LogP contribution in [0.25, 0.3) is 0 Å². The number of guanidine groups is 1. The molecule has 0 radical (unpaired) electrons. The Labute approximate surface area is 137 Å². The first kappa shape index (κ1) is 17.3. The first-order valence-electron chi connectivity index (χ1n) is 6.89. The molecular weight excluding hydrogens is 369 g/mol. The van der Waals surface area contributed by atoms with E-state index in [1.807, 2.05) is 12.1 Å². The standard InChI is InChI=1S/C14H23N3O2.HI/c1-3-15-14(16-9-13-5-4-7-19-13)17(2)10-12-6-8-18-11-12;/h4-5,7,12H,3,6,8-11H2,1-2H3,(H,15,16);1H. The van der Waals surface area contributed by atoms with Gasteiger partial charge in [0.1, 0.15) is 12.3 Å². The number of ether oxygens (including phenoxy) is 1. The Bertz CT molecular complexity index is 389. The maximum atomic E-state index is 5.41. The summed E-state index contributed by atoms with van der Waals surface area (Å²) in [5.74, 6) is 2.41. The van der Waals surface area contributed by atoms with Gasteiger partial charge < -0.3 is 19.4 Å². The van der Waals surface area contributed by atoms with E-state index in [4.69, 9.17) is 9.15 Å². The minimum absolute atomic E-state index is 0. The van der Waals surface area contributed by atoms with Crippen molar-refractivity contribution >= 4 is 29.9 Å². The normalized spacial score (nSPS) is 18.7. The Morgan fingerprint density at radius 2 is 2.40 bits per heavy atom. The number of nitrogens with one attached hydrogen (secondary N) is 1. The van der Waals surface area contributed by atoms with Crippen molar-refractivity contribution in [3.05, 3.63) is 24.2 Å². The Hall–Kier alpha value is -0.760. The number of rotatable bonds is 5. The highest BCUT2D eigenvalue weighted by atomic mass is 127. The van der Waals surface area contributed by atoms with Crippen LogP contribution in [0.4, 0.5) is 0 Å². The van der Waals surface area contributed by atoms with Crippen molar-refractivity contribution in [3.63, 3.8) is 0 Å². The Balaban J connectivity index is 0.00000200. The second-order valence-electron chi connectivity index (χ2n) is 4.86. The largest absolute Gasteiger partial charge is 0.467 e. The van der Waals surface area contributed by atoms with Gasteiger partial charge >= 0.3 is 0 Å². The molecule has 1 fully saturated rings. The van der Waals surface area contributed by atoms with Crippen molar-refractivity contribution in [2.75, 3.05) is 33.4 Å². The highest BCUT2D eigenvalue weighted by molar-refractivity contribution is 14.0. The minimum Gasteiger partial charge on any atom is -0.467 e. The molecule has 5 nitrogen and oxygen atoms in total. The van der Waals surface area contributed by atoms with E-state index in [0.29, 0.717) is 12.5 Å². The zero-order valence-electron chi connectivity index (χ0n) is 12.2. The molecule has 1 atom stereocenters. The summed E-state index contributed by atoms with van der Waals surface area (Å²) < 4.78 is 10.7. The van der Waals surface area contributed by atoms with Gasteiger partial charge in [-0.25, -0.2) is 4.99 Å². The maximum absolute atomic E-state index is 5.41. The topological polar surface area (TPSA) is 50.0 Å². The fourth-order valence-corrected chi connectivity index (χ4v) is 2.23. The second kappa shape index (κ2) is 9.23. The van der Waals surface area contributed by atoms with E-state index < -0.39 is 0 Å². The lowest BCUT2D eigenvalue weighted by molar-refractivity contribution is 0.181. The molecule has 1 N–H and O–H groups in total. The number of aliphatic imine (C=N–C) groups is 1. The van der Waals surface area contributed by atoms with Crippen molar-refractivity contribution in [1.82, 2.24) is 10.2 Å². The number of nitrogens with zero attached hydrogens (tertiary/aromatic N) is 2. The van der Waals surface area contributed by atoms with E-state index in [1.54, 1.807) is 6.26 Å². The molecule has 0 aliphatic carbocycles. The quantitative estimate of drug-likeness (QED) is 0.474. The van der Waals surface area contributed by atoms with E-state index in [-0.39, 0.29) is 24.0 Å². The van der Waals surface area contributed by atoms with E-state index in [9.17, 15) is 0 Å². The van der Waals surface area contributed by atoms with Gasteiger partial charge in [0.15, 0.2) is 5.96 Å². The van der Waals surface area contributed by atoms with Crippen LogP contribution < -0.4 is 5.32 Å². The molecule has 1 aromatic heterocycles. The summed E-state index contributed by atoms with van der Waals surface area (Å²) in [6, 6.07) is 3.83. The molecule has 1 aliphatic heterocycles. The van der Waals surface area contributed by atoms with Crippen molar-refractivity contribution in [2.45, 2.75) is 19.9 Å². The molecule has 0 bridgehead atoms. The van der Waals surface area contributed by atoms with Gasteiger partial charge in [-0.15, -0.1) is 24.0 Å². The summed E-state index contributed by atoms with van der Waals surface area (Å²) in [5, 5.41) is 3.31. The third kappa shape index (κ3) is 5.32. The van der Waals surface area contributed by atoms with E-state index in [1.165, 1.54) is 0 Å². The van der Waals surface area contributed by atoms with Crippen LogP contribution >= 0.6 is 24.0 Å². The molecule has 1 aliphatic rings. The van der Waals surface area contributed by atoms with Crippen LogP contribution in [-0.4, -0.2) is 44.2 Å². The van der Waals surface area contributed by atoms with Gasteiger partial charge in [0.2, 0.25) is 0 Å². The molecule has 114 valence electrons. The molecule has 20 heavy (non-hydrogen) atoms. The number of furan rings is 1. The van der Waals surface area contributed by atoms with E-state index in [2.05, 4.69) is 29.2 Å². The molecule has 0 aromatic carbocycles. The lowest BCUT2D eigenvalue weighted by atomic mass is 10.1. The van der Waals surface area contributed by atoms with Crippen LogP contribution in [0.5, 0.6) is 0 Å². The van der Waals surface area contributed by atoms with Gasteiger partial charge in [-0.1, -0.05) is 0 Å².